The van der Waals surface area contributed by atoms with E-state index < -0.39 is 0 Å². The van der Waals surface area contributed by atoms with Crippen molar-refractivity contribution in [2.24, 2.45) is 0 Å². The van der Waals surface area contributed by atoms with Gasteiger partial charge in [0.1, 0.15) is 11.5 Å². The first-order valence-corrected chi connectivity index (χ1v) is 6.04. The third-order valence-electron chi connectivity index (χ3n) is 2.61. The molecule has 1 aromatic heterocycles. The molecule has 3 rings (SSSR count). The fourth-order valence-electron chi connectivity index (χ4n) is 1.73. The summed E-state index contributed by atoms with van der Waals surface area (Å²) >= 11 is 0. The van der Waals surface area contributed by atoms with E-state index >= 15 is 0 Å². The maximum absolute atomic E-state index is 5.77. The van der Waals surface area contributed by atoms with Gasteiger partial charge < -0.3 is 14.5 Å². The zero-order chi connectivity index (χ0) is 12.9. The lowest BCUT2D eigenvalue weighted by molar-refractivity contribution is 0.422. The Morgan fingerprint density at radius 2 is 1.00 bits per heavy atom. The van der Waals surface area contributed by atoms with Crippen LogP contribution in [-0.2, 0) is 0 Å². The molecule has 0 aliphatic rings. The maximum atomic E-state index is 5.77. The number of benzene rings is 2. The van der Waals surface area contributed by atoms with Gasteiger partial charge in [-0.2, -0.15) is 0 Å². The number of H-pyrrole nitrogens is 1. The molecule has 0 aliphatic heterocycles. The van der Waals surface area contributed by atoms with Crippen molar-refractivity contribution in [1.29, 1.82) is 0 Å². The van der Waals surface area contributed by atoms with E-state index in [9.17, 15) is 0 Å². The van der Waals surface area contributed by atoms with Crippen LogP contribution in [0.15, 0.2) is 73.1 Å². The molecular weight excluding hydrogens is 238 g/mol. The van der Waals surface area contributed by atoms with Crippen LogP contribution in [0.25, 0.3) is 0 Å². The molecule has 3 heteroatoms. The normalized spacial score (nSPS) is 10.1. The minimum Gasteiger partial charge on any atom is -0.452 e. The first-order chi connectivity index (χ1) is 9.42. The number of para-hydroxylation sites is 2. The molecule has 0 atom stereocenters. The summed E-state index contributed by atoms with van der Waals surface area (Å²) in [5, 5.41) is 0. The Bertz CT molecular complexity index is 576. The second kappa shape index (κ2) is 5.31. The molecule has 19 heavy (non-hydrogen) atoms. The molecule has 0 saturated heterocycles. The van der Waals surface area contributed by atoms with Gasteiger partial charge in [-0.3, -0.25) is 0 Å². The Balaban J connectivity index is 1.79. The van der Waals surface area contributed by atoms with Crippen LogP contribution >= 0.6 is 0 Å². The molecule has 0 bridgehead atoms. The minimum absolute atomic E-state index is 0.662. The first kappa shape index (κ1) is 11.4. The Morgan fingerprint density at radius 3 is 1.42 bits per heavy atom. The number of rotatable bonds is 4. The van der Waals surface area contributed by atoms with Gasteiger partial charge >= 0.3 is 0 Å². The molecule has 2 aromatic carbocycles. The predicted molar refractivity (Wildman–Crippen MR) is 73.8 cm³/mol. The van der Waals surface area contributed by atoms with Crippen LogP contribution < -0.4 is 9.47 Å². The van der Waals surface area contributed by atoms with Crippen molar-refractivity contribution in [3.63, 3.8) is 0 Å². The highest BCUT2D eigenvalue weighted by Gasteiger charge is 2.08. The lowest BCUT2D eigenvalue weighted by Gasteiger charge is -2.07. The highest BCUT2D eigenvalue weighted by atomic mass is 16.5. The van der Waals surface area contributed by atoms with E-state index in [1.165, 1.54) is 0 Å². The predicted octanol–water partition coefficient (Wildman–Crippen LogP) is 4.60. The van der Waals surface area contributed by atoms with Gasteiger partial charge in [0.25, 0.3) is 0 Å². The number of nitrogens with one attached hydrogen (secondary N) is 1. The zero-order valence-corrected chi connectivity index (χ0v) is 10.2. The van der Waals surface area contributed by atoms with Crippen LogP contribution in [0.4, 0.5) is 0 Å². The van der Waals surface area contributed by atoms with Gasteiger partial charge in [0, 0.05) is 12.4 Å². The smallest absolute Gasteiger partial charge is 0.187 e. The molecule has 0 radical (unpaired) electrons. The van der Waals surface area contributed by atoms with E-state index in [4.69, 9.17) is 9.47 Å². The van der Waals surface area contributed by atoms with Crippen LogP contribution in [0.5, 0.6) is 23.0 Å². The molecule has 94 valence electrons. The third kappa shape index (κ3) is 2.77. The van der Waals surface area contributed by atoms with Crippen LogP contribution in [0.1, 0.15) is 0 Å². The summed E-state index contributed by atoms with van der Waals surface area (Å²) < 4.78 is 11.5. The summed E-state index contributed by atoms with van der Waals surface area (Å²) in [6, 6.07) is 19.2. The Morgan fingerprint density at radius 1 is 0.579 bits per heavy atom. The third-order valence-corrected chi connectivity index (χ3v) is 2.61. The van der Waals surface area contributed by atoms with Crippen molar-refractivity contribution in [2.45, 2.75) is 0 Å². The van der Waals surface area contributed by atoms with E-state index in [2.05, 4.69) is 4.98 Å². The van der Waals surface area contributed by atoms with Gasteiger partial charge in [-0.05, 0) is 24.3 Å². The maximum Gasteiger partial charge on any atom is 0.187 e. The molecular formula is C16H13NO2. The number of aromatic amines is 1. The minimum atomic E-state index is 0.662. The SMILES string of the molecule is c1ccc(Oc2c[nH]cc2Oc2ccccc2)cc1. The molecule has 1 N–H and O–H groups in total. The quantitative estimate of drug-likeness (QED) is 0.735. The van der Waals surface area contributed by atoms with Crippen LogP contribution in [0, 0.1) is 0 Å². The largest absolute Gasteiger partial charge is 0.452 e. The topological polar surface area (TPSA) is 34.2 Å². The van der Waals surface area contributed by atoms with Gasteiger partial charge in [-0.25, -0.2) is 0 Å². The molecule has 3 nitrogen and oxygen atoms in total. The molecule has 0 saturated carbocycles. The van der Waals surface area contributed by atoms with Crippen molar-refractivity contribution in [3.05, 3.63) is 73.1 Å². The second-order valence-electron chi connectivity index (χ2n) is 4.01. The summed E-state index contributed by atoms with van der Waals surface area (Å²) in [6.07, 6.45) is 3.54. The molecule has 0 fully saturated rings. The Hall–Kier alpha value is -2.68. The van der Waals surface area contributed by atoms with Gasteiger partial charge in [0.05, 0.1) is 0 Å². The summed E-state index contributed by atoms with van der Waals surface area (Å²) in [5.41, 5.74) is 0. The highest BCUT2D eigenvalue weighted by Crippen LogP contribution is 2.34. The molecule has 0 aliphatic carbocycles. The van der Waals surface area contributed by atoms with Gasteiger partial charge in [-0.1, -0.05) is 36.4 Å². The fraction of sp³-hybridized carbons (Fsp3) is 0. The zero-order valence-electron chi connectivity index (χ0n) is 10.2. The highest BCUT2D eigenvalue weighted by molar-refractivity contribution is 5.43. The van der Waals surface area contributed by atoms with Crippen molar-refractivity contribution in [3.8, 4) is 23.0 Å². The lowest BCUT2D eigenvalue weighted by atomic mass is 10.3. The van der Waals surface area contributed by atoms with Crippen molar-refractivity contribution in [1.82, 2.24) is 4.98 Å². The number of ether oxygens (including phenoxy) is 2. The Labute approximate surface area is 111 Å². The summed E-state index contributed by atoms with van der Waals surface area (Å²) in [5.74, 6) is 2.88. The van der Waals surface area contributed by atoms with E-state index in [0.717, 1.165) is 11.5 Å². The van der Waals surface area contributed by atoms with Crippen molar-refractivity contribution in [2.75, 3.05) is 0 Å². The van der Waals surface area contributed by atoms with Gasteiger partial charge in [0.15, 0.2) is 11.5 Å². The van der Waals surface area contributed by atoms with Crippen LogP contribution in [0.3, 0.4) is 0 Å². The van der Waals surface area contributed by atoms with E-state index in [0.29, 0.717) is 11.5 Å². The summed E-state index contributed by atoms with van der Waals surface area (Å²) in [7, 11) is 0. The van der Waals surface area contributed by atoms with Gasteiger partial charge in [0.2, 0.25) is 0 Å². The standard InChI is InChI=1S/C16H13NO2/c1-3-7-13(8-4-1)18-15-11-17-12-16(15)19-14-9-5-2-6-10-14/h1-12,17H. The van der Waals surface area contributed by atoms with E-state index in [1.54, 1.807) is 12.4 Å². The summed E-state index contributed by atoms with van der Waals surface area (Å²) in [4.78, 5) is 2.99. The van der Waals surface area contributed by atoms with Crippen molar-refractivity contribution < 1.29 is 9.47 Å². The molecule has 0 unspecified atom stereocenters. The second-order valence-corrected chi connectivity index (χ2v) is 4.01. The van der Waals surface area contributed by atoms with Crippen molar-refractivity contribution >= 4 is 0 Å². The molecule has 0 amide bonds. The van der Waals surface area contributed by atoms with E-state index in [-0.39, 0.29) is 0 Å². The number of hydrogen-bond acceptors (Lipinski definition) is 2. The fourth-order valence-corrected chi connectivity index (χ4v) is 1.73. The average Bonchev–Trinajstić information content (AvgIpc) is 2.88. The Kier molecular flexibility index (Phi) is 3.19. The van der Waals surface area contributed by atoms with E-state index in [1.807, 2.05) is 60.7 Å². The number of hydrogen-bond donors (Lipinski definition) is 1. The van der Waals surface area contributed by atoms with Crippen LogP contribution in [0.2, 0.25) is 0 Å². The first-order valence-electron chi connectivity index (χ1n) is 6.04. The molecule has 0 spiro atoms. The summed E-state index contributed by atoms with van der Waals surface area (Å²) in [6.45, 7) is 0. The average molecular weight is 251 g/mol. The molecule has 3 aromatic rings. The lowest BCUT2D eigenvalue weighted by Crippen LogP contribution is -1.86. The van der Waals surface area contributed by atoms with Gasteiger partial charge in [-0.15, -0.1) is 0 Å². The number of aromatic nitrogens is 1. The van der Waals surface area contributed by atoms with Crippen LogP contribution in [-0.4, -0.2) is 4.98 Å². The monoisotopic (exact) mass is 251 g/mol. The molecule has 1 heterocycles.